The molecule has 2 aromatic rings. The molecule has 2 amide bonds. The van der Waals surface area contributed by atoms with Crippen LogP contribution in [-0.2, 0) is 16.1 Å². The van der Waals surface area contributed by atoms with E-state index >= 15 is 0 Å². The van der Waals surface area contributed by atoms with Crippen LogP contribution >= 0.6 is 15.9 Å². The summed E-state index contributed by atoms with van der Waals surface area (Å²) in [5.74, 6) is 0.605. The highest BCUT2D eigenvalue weighted by Crippen LogP contribution is 2.17. The second-order valence-electron chi connectivity index (χ2n) is 7.81. The van der Waals surface area contributed by atoms with E-state index in [9.17, 15) is 9.59 Å². The minimum Gasteiger partial charge on any atom is -0.484 e. The Labute approximate surface area is 187 Å². The van der Waals surface area contributed by atoms with Gasteiger partial charge in [-0.3, -0.25) is 9.59 Å². The molecule has 0 aliphatic heterocycles. The summed E-state index contributed by atoms with van der Waals surface area (Å²) in [5.41, 5.74) is 2.13. The number of carbonyl (C=O) groups is 2. The van der Waals surface area contributed by atoms with Crippen LogP contribution in [0.2, 0.25) is 0 Å². The van der Waals surface area contributed by atoms with E-state index in [0.29, 0.717) is 31.2 Å². The molecule has 0 aromatic heterocycles. The Morgan fingerprint density at radius 1 is 1.07 bits per heavy atom. The molecule has 0 radical (unpaired) electrons. The van der Waals surface area contributed by atoms with Crippen molar-refractivity contribution in [1.82, 2.24) is 10.2 Å². The third kappa shape index (κ3) is 7.48. The summed E-state index contributed by atoms with van der Waals surface area (Å²) in [6.07, 6.45) is 0.528. The molecule has 1 N–H and O–H groups in total. The second-order valence-corrected chi connectivity index (χ2v) is 8.73. The van der Waals surface area contributed by atoms with Crippen LogP contribution in [0.1, 0.15) is 38.3 Å². The van der Waals surface area contributed by atoms with Gasteiger partial charge in [-0.1, -0.05) is 66.5 Å². The van der Waals surface area contributed by atoms with Crippen molar-refractivity contribution in [3.8, 4) is 5.75 Å². The van der Waals surface area contributed by atoms with Gasteiger partial charge in [0.2, 0.25) is 5.91 Å². The Bertz CT molecular complexity index is 819. The van der Waals surface area contributed by atoms with E-state index in [2.05, 4.69) is 21.2 Å². The number of amides is 2. The lowest BCUT2D eigenvalue weighted by Gasteiger charge is -2.31. The Hall–Kier alpha value is -2.34. The third-order valence-electron chi connectivity index (χ3n) is 4.72. The molecule has 0 aliphatic rings. The fourth-order valence-electron chi connectivity index (χ4n) is 2.99. The highest BCUT2D eigenvalue weighted by Gasteiger charge is 2.29. The number of ether oxygens (including phenoxy) is 1. The van der Waals surface area contributed by atoms with Crippen LogP contribution < -0.4 is 10.1 Å². The number of nitrogens with one attached hydrogen (secondary N) is 1. The SMILES string of the molecule is CC[C@@H](C(=O)NCC(C)C)N(Cc1ccc(C)cc1)C(=O)COc1ccc(Br)cc1. The van der Waals surface area contributed by atoms with Gasteiger partial charge in [0.05, 0.1) is 0 Å². The van der Waals surface area contributed by atoms with Crippen LogP contribution in [0.4, 0.5) is 0 Å². The number of halogens is 1. The van der Waals surface area contributed by atoms with E-state index in [1.165, 1.54) is 0 Å². The number of hydrogen-bond donors (Lipinski definition) is 1. The average Bonchev–Trinajstić information content (AvgIpc) is 2.72. The van der Waals surface area contributed by atoms with E-state index in [0.717, 1.165) is 15.6 Å². The number of hydrogen-bond acceptors (Lipinski definition) is 3. The van der Waals surface area contributed by atoms with Gasteiger partial charge in [0.15, 0.2) is 6.61 Å². The lowest BCUT2D eigenvalue weighted by molar-refractivity contribution is -0.143. The lowest BCUT2D eigenvalue weighted by atomic mass is 10.1. The topological polar surface area (TPSA) is 58.6 Å². The summed E-state index contributed by atoms with van der Waals surface area (Å²) >= 11 is 3.38. The molecule has 2 rings (SSSR count). The molecule has 0 spiro atoms. The van der Waals surface area contributed by atoms with Gasteiger partial charge < -0.3 is 15.0 Å². The standard InChI is InChI=1S/C24H31BrN2O3/c1-5-22(24(29)26-14-17(2)3)27(15-19-8-6-18(4)7-9-19)23(28)16-30-21-12-10-20(25)11-13-21/h6-13,17,22H,5,14-16H2,1-4H3,(H,26,29)/t22-/m0/s1. The van der Waals surface area contributed by atoms with Gasteiger partial charge in [0.1, 0.15) is 11.8 Å². The van der Waals surface area contributed by atoms with Crippen molar-refractivity contribution in [3.05, 3.63) is 64.1 Å². The van der Waals surface area contributed by atoms with E-state index in [1.807, 2.05) is 64.1 Å². The van der Waals surface area contributed by atoms with Crippen molar-refractivity contribution in [2.75, 3.05) is 13.2 Å². The van der Waals surface area contributed by atoms with Gasteiger partial charge in [-0.2, -0.15) is 0 Å². The molecule has 0 unspecified atom stereocenters. The van der Waals surface area contributed by atoms with Gasteiger partial charge in [0, 0.05) is 17.6 Å². The van der Waals surface area contributed by atoms with Crippen molar-refractivity contribution >= 4 is 27.7 Å². The fraction of sp³-hybridized carbons (Fsp3) is 0.417. The van der Waals surface area contributed by atoms with Gasteiger partial charge in [0.25, 0.3) is 5.91 Å². The van der Waals surface area contributed by atoms with Gasteiger partial charge >= 0.3 is 0 Å². The lowest BCUT2D eigenvalue weighted by Crippen LogP contribution is -2.50. The summed E-state index contributed by atoms with van der Waals surface area (Å²) < 4.78 is 6.63. The van der Waals surface area contributed by atoms with Crippen LogP contribution in [-0.4, -0.2) is 35.9 Å². The Morgan fingerprint density at radius 3 is 2.27 bits per heavy atom. The zero-order chi connectivity index (χ0) is 22.1. The van der Waals surface area contributed by atoms with Crippen molar-refractivity contribution < 1.29 is 14.3 Å². The summed E-state index contributed by atoms with van der Waals surface area (Å²) in [5, 5.41) is 2.96. The Morgan fingerprint density at radius 2 is 1.70 bits per heavy atom. The number of aryl methyl sites for hydroxylation is 1. The molecule has 2 aromatic carbocycles. The third-order valence-corrected chi connectivity index (χ3v) is 5.25. The summed E-state index contributed by atoms with van der Waals surface area (Å²) in [6, 6.07) is 14.8. The molecule has 0 saturated carbocycles. The first-order chi connectivity index (χ1) is 14.3. The minimum atomic E-state index is -0.550. The smallest absolute Gasteiger partial charge is 0.261 e. The number of carbonyl (C=O) groups excluding carboxylic acids is 2. The Kier molecular flexibility index (Phi) is 9.37. The van der Waals surface area contributed by atoms with E-state index in [4.69, 9.17) is 4.74 Å². The normalized spacial score (nSPS) is 11.8. The van der Waals surface area contributed by atoms with E-state index in [-0.39, 0.29) is 18.4 Å². The summed E-state index contributed by atoms with van der Waals surface area (Å²) in [6.45, 7) is 8.85. The molecule has 5 nitrogen and oxygen atoms in total. The highest BCUT2D eigenvalue weighted by molar-refractivity contribution is 9.10. The van der Waals surface area contributed by atoms with Crippen molar-refractivity contribution in [2.24, 2.45) is 5.92 Å². The largest absolute Gasteiger partial charge is 0.484 e. The number of benzene rings is 2. The molecular weight excluding hydrogens is 444 g/mol. The first-order valence-electron chi connectivity index (χ1n) is 10.3. The van der Waals surface area contributed by atoms with Gasteiger partial charge in [-0.25, -0.2) is 0 Å². The molecular formula is C24H31BrN2O3. The first kappa shape index (κ1) is 23.9. The fourth-order valence-corrected chi connectivity index (χ4v) is 3.26. The van der Waals surface area contributed by atoms with Crippen molar-refractivity contribution in [2.45, 2.75) is 46.7 Å². The van der Waals surface area contributed by atoms with Crippen LogP contribution in [0, 0.1) is 12.8 Å². The predicted molar refractivity (Wildman–Crippen MR) is 123 cm³/mol. The maximum atomic E-state index is 13.1. The summed E-state index contributed by atoms with van der Waals surface area (Å²) in [7, 11) is 0. The molecule has 0 fully saturated rings. The maximum Gasteiger partial charge on any atom is 0.261 e. The van der Waals surface area contributed by atoms with Crippen LogP contribution in [0.15, 0.2) is 53.0 Å². The zero-order valence-corrected chi connectivity index (χ0v) is 19.7. The molecule has 30 heavy (non-hydrogen) atoms. The number of nitrogens with zero attached hydrogens (tertiary/aromatic N) is 1. The van der Waals surface area contributed by atoms with Gasteiger partial charge in [-0.05, 0) is 49.1 Å². The molecule has 0 saturated heterocycles. The van der Waals surface area contributed by atoms with Crippen molar-refractivity contribution in [1.29, 1.82) is 0 Å². The van der Waals surface area contributed by atoms with Crippen LogP contribution in [0.3, 0.4) is 0 Å². The molecule has 0 bridgehead atoms. The molecule has 6 heteroatoms. The average molecular weight is 475 g/mol. The van der Waals surface area contributed by atoms with E-state index in [1.54, 1.807) is 17.0 Å². The van der Waals surface area contributed by atoms with Crippen molar-refractivity contribution in [3.63, 3.8) is 0 Å². The van der Waals surface area contributed by atoms with Crippen LogP contribution in [0.25, 0.3) is 0 Å². The maximum absolute atomic E-state index is 13.1. The quantitative estimate of drug-likeness (QED) is 0.541. The van der Waals surface area contributed by atoms with Gasteiger partial charge in [-0.15, -0.1) is 0 Å². The Balaban J connectivity index is 2.17. The monoisotopic (exact) mass is 474 g/mol. The molecule has 162 valence electrons. The molecule has 0 aliphatic carbocycles. The predicted octanol–water partition coefficient (Wildman–Crippen LogP) is 4.72. The van der Waals surface area contributed by atoms with Crippen LogP contribution in [0.5, 0.6) is 5.75 Å². The first-order valence-corrected chi connectivity index (χ1v) is 11.1. The molecule has 1 atom stereocenters. The number of rotatable bonds is 10. The zero-order valence-electron chi connectivity index (χ0n) is 18.2. The van der Waals surface area contributed by atoms with E-state index < -0.39 is 6.04 Å². The summed E-state index contributed by atoms with van der Waals surface area (Å²) in [4.78, 5) is 27.6. The minimum absolute atomic E-state index is 0.124. The highest BCUT2D eigenvalue weighted by atomic mass is 79.9. The second kappa shape index (κ2) is 11.7. The molecule has 0 heterocycles.